The first-order valence-corrected chi connectivity index (χ1v) is 5.18. The normalized spacial score (nSPS) is 33.0. The van der Waals surface area contributed by atoms with Crippen LogP contribution < -0.4 is 0 Å². The van der Waals surface area contributed by atoms with Gasteiger partial charge in [-0.3, -0.25) is 0 Å². The molecule has 2 saturated carbocycles. The van der Waals surface area contributed by atoms with Crippen molar-refractivity contribution in [2.24, 2.45) is 5.92 Å². The van der Waals surface area contributed by atoms with Gasteiger partial charge in [0.1, 0.15) is 0 Å². The summed E-state index contributed by atoms with van der Waals surface area (Å²) in [5.74, 6) is 3.68. The van der Waals surface area contributed by atoms with Gasteiger partial charge in [0.25, 0.3) is 0 Å². The molecule has 1 aromatic rings. The van der Waals surface area contributed by atoms with Crippen molar-refractivity contribution in [3.8, 4) is 0 Å². The molecule has 0 amide bonds. The van der Waals surface area contributed by atoms with Crippen LogP contribution in [0.25, 0.3) is 0 Å². The second-order valence-electron chi connectivity index (χ2n) is 4.43. The topological polar surface area (TPSA) is 38.9 Å². The second-order valence-corrected chi connectivity index (χ2v) is 4.43. The first-order chi connectivity index (χ1) is 6.34. The minimum atomic E-state index is 0.571. The summed E-state index contributed by atoms with van der Waals surface area (Å²) in [7, 11) is 0. The molecule has 0 N–H and O–H groups in total. The molecule has 1 aromatic heterocycles. The Kier molecular flexibility index (Phi) is 1.49. The Morgan fingerprint density at radius 3 is 2.46 bits per heavy atom. The van der Waals surface area contributed by atoms with Crippen molar-refractivity contribution in [1.29, 1.82) is 0 Å². The highest BCUT2D eigenvalue weighted by molar-refractivity contribution is 5.06. The minimum absolute atomic E-state index is 0.571. The molecular weight excluding hydrogens is 164 g/mol. The quantitative estimate of drug-likeness (QED) is 0.698. The predicted octanol–water partition coefficient (Wildman–Crippen LogP) is 2.46. The maximum absolute atomic E-state index is 5.66. The molecule has 2 aliphatic carbocycles. The SMILES string of the molecule is CC1CC1c1nnc(C2CCC2)o1. The van der Waals surface area contributed by atoms with Gasteiger partial charge < -0.3 is 4.42 Å². The summed E-state index contributed by atoms with van der Waals surface area (Å²) in [5, 5.41) is 8.23. The number of aromatic nitrogens is 2. The van der Waals surface area contributed by atoms with Gasteiger partial charge in [0.05, 0.1) is 0 Å². The molecule has 0 radical (unpaired) electrons. The Labute approximate surface area is 77.5 Å². The van der Waals surface area contributed by atoms with E-state index < -0.39 is 0 Å². The minimum Gasteiger partial charge on any atom is -0.425 e. The van der Waals surface area contributed by atoms with Gasteiger partial charge in [-0.2, -0.15) is 0 Å². The van der Waals surface area contributed by atoms with E-state index in [1.807, 2.05) is 0 Å². The maximum Gasteiger partial charge on any atom is 0.219 e. The molecule has 2 unspecified atom stereocenters. The number of rotatable bonds is 2. The van der Waals surface area contributed by atoms with Crippen LogP contribution in [0.3, 0.4) is 0 Å². The molecule has 0 bridgehead atoms. The van der Waals surface area contributed by atoms with Crippen LogP contribution in [-0.4, -0.2) is 10.2 Å². The van der Waals surface area contributed by atoms with Crippen LogP contribution in [0.15, 0.2) is 4.42 Å². The second kappa shape index (κ2) is 2.56. The average Bonchev–Trinajstić information content (AvgIpc) is 2.58. The molecule has 3 nitrogen and oxygen atoms in total. The fraction of sp³-hybridized carbons (Fsp3) is 0.800. The van der Waals surface area contributed by atoms with Crippen molar-refractivity contribution in [2.75, 3.05) is 0 Å². The summed E-state index contributed by atoms with van der Waals surface area (Å²) in [6.45, 7) is 2.23. The molecule has 0 aromatic carbocycles. The van der Waals surface area contributed by atoms with Gasteiger partial charge in [0, 0.05) is 11.8 Å². The van der Waals surface area contributed by atoms with Gasteiger partial charge in [-0.05, 0) is 25.2 Å². The van der Waals surface area contributed by atoms with Gasteiger partial charge in [-0.25, -0.2) is 0 Å². The largest absolute Gasteiger partial charge is 0.425 e. The van der Waals surface area contributed by atoms with Gasteiger partial charge in [0.15, 0.2) is 0 Å². The number of hydrogen-bond acceptors (Lipinski definition) is 3. The molecule has 13 heavy (non-hydrogen) atoms. The summed E-state index contributed by atoms with van der Waals surface area (Å²) in [5.41, 5.74) is 0. The van der Waals surface area contributed by atoms with Crippen LogP contribution in [0.4, 0.5) is 0 Å². The Morgan fingerprint density at radius 2 is 1.92 bits per heavy atom. The van der Waals surface area contributed by atoms with Crippen LogP contribution in [0, 0.1) is 5.92 Å². The molecule has 0 spiro atoms. The third kappa shape index (κ3) is 1.18. The highest BCUT2D eigenvalue weighted by Gasteiger charge is 2.39. The summed E-state index contributed by atoms with van der Waals surface area (Å²) in [4.78, 5) is 0. The molecule has 3 heteroatoms. The van der Waals surface area contributed by atoms with Crippen LogP contribution in [0.2, 0.25) is 0 Å². The van der Waals surface area contributed by atoms with Crippen molar-refractivity contribution in [3.63, 3.8) is 0 Å². The Balaban J connectivity index is 1.77. The van der Waals surface area contributed by atoms with E-state index in [1.165, 1.54) is 25.7 Å². The molecule has 3 rings (SSSR count). The van der Waals surface area contributed by atoms with Gasteiger partial charge in [0.2, 0.25) is 11.8 Å². The molecule has 0 saturated heterocycles. The van der Waals surface area contributed by atoms with Crippen LogP contribution in [-0.2, 0) is 0 Å². The zero-order valence-corrected chi connectivity index (χ0v) is 7.86. The smallest absolute Gasteiger partial charge is 0.219 e. The zero-order chi connectivity index (χ0) is 8.84. The van der Waals surface area contributed by atoms with E-state index in [9.17, 15) is 0 Å². The Bertz CT molecular complexity index is 297. The highest BCUT2D eigenvalue weighted by Crippen LogP contribution is 2.47. The Hall–Kier alpha value is -0.860. The first-order valence-electron chi connectivity index (χ1n) is 5.18. The van der Waals surface area contributed by atoms with E-state index in [0.29, 0.717) is 11.8 Å². The van der Waals surface area contributed by atoms with Gasteiger partial charge in [-0.15, -0.1) is 10.2 Å². The molecule has 0 aliphatic heterocycles. The van der Waals surface area contributed by atoms with Crippen molar-refractivity contribution in [1.82, 2.24) is 10.2 Å². The fourth-order valence-electron chi connectivity index (χ4n) is 1.88. The number of nitrogens with zero attached hydrogens (tertiary/aromatic N) is 2. The van der Waals surface area contributed by atoms with Crippen LogP contribution in [0.1, 0.15) is 56.2 Å². The van der Waals surface area contributed by atoms with Crippen molar-refractivity contribution in [3.05, 3.63) is 11.8 Å². The fourth-order valence-corrected chi connectivity index (χ4v) is 1.88. The molecule has 70 valence electrons. The van der Waals surface area contributed by atoms with E-state index in [2.05, 4.69) is 17.1 Å². The molecule has 2 aliphatic rings. The lowest BCUT2D eigenvalue weighted by Crippen LogP contribution is -2.08. The monoisotopic (exact) mass is 178 g/mol. The zero-order valence-electron chi connectivity index (χ0n) is 7.86. The van der Waals surface area contributed by atoms with E-state index in [0.717, 1.165) is 17.7 Å². The summed E-state index contributed by atoms with van der Waals surface area (Å²) in [6.07, 6.45) is 5.03. The van der Waals surface area contributed by atoms with Crippen molar-refractivity contribution < 1.29 is 4.42 Å². The molecule has 1 heterocycles. The maximum atomic E-state index is 5.66. The third-order valence-electron chi connectivity index (χ3n) is 3.34. The standard InChI is InChI=1S/C10H14N2O/c1-6-5-8(6)10-12-11-9(13-10)7-3-2-4-7/h6-8H,2-5H2,1H3. The molecule has 2 atom stereocenters. The highest BCUT2D eigenvalue weighted by atomic mass is 16.4. The van der Waals surface area contributed by atoms with Gasteiger partial charge in [-0.1, -0.05) is 13.3 Å². The lowest BCUT2D eigenvalue weighted by Gasteiger charge is -2.20. The summed E-state index contributed by atoms with van der Waals surface area (Å²) >= 11 is 0. The van der Waals surface area contributed by atoms with E-state index in [1.54, 1.807) is 0 Å². The lowest BCUT2D eigenvalue weighted by molar-refractivity contribution is 0.324. The Morgan fingerprint density at radius 1 is 1.23 bits per heavy atom. The van der Waals surface area contributed by atoms with Crippen molar-refractivity contribution in [2.45, 2.75) is 44.4 Å². The summed E-state index contributed by atoms with van der Waals surface area (Å²) < 4.78 is 5.66. The van der Waals surface area contributed by atoms with Crippen LogP contribution in [0.5, 0.6) is 0 Å². The van der Waals surface area contributed by atoms with Crippen LogP contribution >= 0.6 is 0 Å². The first kappa shape index (κ1) is 7.54. The van der Waals surface area contributed by atoms with E-state index >= 15 is 0 Å². The number of hydrogen-bond donors (Lipinski definition) is 0. The summed E-state index contributed by atoms with van der Waals surface area (Å²) in [6, 6.07) is 0. The average molecular weight is 178 g/mol. The molecular formula is C10H14N2O. The van der Waals surface area contributed by atoms with E-state index in [4.69, 9.17) is 4.42 Å². The van der Waals surface area contributed by atoms with E-state index in [-0.39, 0.29) is 0 Å². The van der Waals surface area contributed by atoms with Gasteiger partial charge >= 0.3 is 0 Å². The predicted molar refractivity (Wildman–Crippen MR) is 47.4 cm³/mol. The third-order valence-corrected chi connectivity index (χ3v) is 3.34. The molecule has 2 fully saturated rings. The lowest BCUT2D eigenvalue weighted by atomic mass is 9.85. The van der Waals surface area contributed by atoms with Crippen molar-refractivity contribution >= 4 is 0 Å².